The van der Waals surface area contributed by atoms with Gasteiger partial charge in [-0.3, -0.25) is 38.4 Å². The van der Waals surface area contributed by atoms with Gasteiger partial charge in [0.2, 0.25) is 5.91 Å². The Bertz CT molecular complexity index is 1880. The van der Waals surface area contributed by atoms with Crippen LogP contribution in [-0.4, -0.2) is 145 Å². The van der Waals surface area contributed by atoms with Crippen molar-refractivity contribution in [1.29, 1.82) is 0 Å². The first-order valence-corrected chi connectivity index (χ1v) is 24.1. The molecule has 4 heterocycles. The summed E-state index contributed by atoms with van der Waals surface area (Å²) in [5, 5.41) is 3.23. The van der Waals surface area contributed by atoms with Gasteiger partial charge >= 0.3 is 0 Å². The second-order valence-electron chi connectivity index (χ2n) is 18.6. The van der Waals surface area contributed by atoms with Crippen LogP contribution in [0.15, 0.2) is 52.1 Å². The molecule has 0 bridgehead atoms. The van der Waals surface area contributed by atoms with E-state index in [0.717, 1.165) is 101 Å². The number of nitrogens with one attached hydrogen (secondary N) is 1. The van der Waals surface area contributed by atoms with Crippen molar-refractivity contribution in [2.24, 2.45) is 21.3 Å². The van der Waals surface area contributed by atoms with Gasteiger partial charge in [-0.15, -0.1) is 0 Å². The zero-order valence-corrected chi connectivity index (χ0v) is 38.0. The lowest BCUT2D eigenvalue weighted by molar-refractivity contribution is -0.125. The Morgan fingerprint density at radius 3 is 2.32 bits per heavy atom. The summed E-state index contributed by atoms with van der Waals surface area (Å²) in [6.45, 7) is 12.2. The van der Waals surface area contributed by atoms with Gasteiger partial charge in [0.25, 0.3) is 11.8 Å². The maximum atomic E-state index is 13.5. The molecule has 0 radical (unpaired) electrons. The minimum absolute atomic E-state index is 0.0399. The van der Waals surface area contributed by atoms with Crippen LogP contribution in [0.1, 0.15) is 124 Å². The van der Waals surface area contributed by atoms with E-state index in [9.17, 15) is 24.0 Å². The molecule has 5 fully saturated rings. The predicted octanol–water partition coefficient (Wildman–Crippen LogP) is 6.34. The first kappa shape index (κ1) is 45.9. The molecule has 3 saturated heterocycles. The monoisotopic (exact) mass is 869 g/mol. The van der Waals surface area contributed by atoms with E-state index in [0.29, 0.717) is 28.2 Å². The van der Waals surface area contributed by atoms with Gasteiger partial charge in [-0.2, -0.15) is 0 Å². The van der Waals surface area contributed by atoms with Crippen molar-refractivity contribution < 1.29 is 24.0 Å². The van der Waals surface area contributed by atoms with Gasteiger partial charge in [-0.05, 0) is 139 Å². The molecular formula is C48H68N8O5S. The van der Waals surface area contributed by atoms with Crippen LogP contribution in [0, 0.1) is 11.3 Å². The van der Waals surface area contributed by atoms with E-state index in [4.69, 9.17) is 4.99 Å². The number of nitrogens with zero attached hydrogens (tertiary/aromatic N) is 7. The van der Waals surface area contributed by atoms with Crippen molar-refractivity contribution >= 4 is 60.5 Å². The van der Waals surface area contributed by atoms with E-state index in [2.05, 4.69) is 50.0 Å². The highest BCUT2D eigenvalue weighted by atomic mass is 32.2. The molecule has 4 aliphatic heterocycles. The lowest BCUT2D eigenvalue weighted by Gasteiger charge is -2.49. The number of rotatable bonds is 14. The third-order valence-corrected chi connectivity index (χ3v) is 16.5. The summed E-state index contributed by atoms with van der Waals surface area (Å²) in [6, 6.07) is 5.69. The Balaban J connectivity index is 0.844. The molecule has 1 spiro atoms. The lowest BCUT2D eigenvalue weighted by atomic mass is 9.66. The van der Waals surface area contributed by atoms with Gasteiger partial charge in [0.05, 0.1) is 11.6 Å². The molecule has 2 aliphatic carbocycles. The van der Waals surface area contributed by atoms with Crippen LogP contribution in [0.4, 0.5) is 5.69 Å². The molecule has 1 aromatic carbocycles. The summed E-state index contributed by atoms with van der Waals surface area (Å²) in [6.07, 6.45) is 22.2. The van der Waals surface area contributed by atoms with Crippen LogP contribution in [-0.2, 0) is 14.4 Å². The molecule has 1 N–H and O–H groups in total. The quantitative estimate of drug-likeness (QED) is 0.129. The molecule has 3 unspecified atom stereocenters. The summed E-state index contributed by atoms with van der Waals surface area (Å²) in [5.41, 5.74) is 2.78. The number of piperidine rings is 3. The molecule has 62 heavy (non-hydrogen) atoms. The Hall–Kier alpha value is -4.14. The average molecular weight is 869 g/mol. The molecule has 3 amide bonds. The number of hydrogen-bond acceptors (Lipinski definition) is 11. The minimum Gasteiger partial charge on any atom is -0.371 e. The zero-order chi connectivity index (χ0) is 43.8. The molecule has 1 aromatic rings. The van der Waals surface area contributed by atoms with Crippen LogP contribution in [0.25, 0.3) is 0 Å². The SMILES string of the molecule is C=N/C=C1/C=CC(=O)N(C2CCCC2C)C1=NC1CCN(SC2CCN(C3CCC4(CC3)CCN(c3ccc(C(=O)N(C)C(CCC=O)C(=O)NC)c(C=O)c3)CC4)CC2)CC1. The molecule has 2 saturated carbocycles. The van der Waals surface area contributed by atoms with Crippen molar-refractivity contribution in [2.75, 3.05) is 58.3 Å². The summed E-state index contributed by atoms with van der Waals surface area (Å²) < 4.78 is 2.58. The van der Waals surface area contributed by atoms with Gasteiger partial charge in [-0.1, -0.05) is 25.3 Å². The highest BCUT2D eigenvalue weighted by molar-refractivity contribution is 7.97. The fourth-order valence-electron chi connectivity index (χ4n) is 11.1. The number of amidine groups is 1. The maximum absolute atomic E-state index is 13.5. The number of likely N-dealkylation sites (N-methyl/N-ethyl adjacent to an activating group) is 2. The topological polar surface area (TPSA) is 138 Å². The average Bonchev–Trinajstić information content (AvgIpc) is 3.73. The van der Waals surface area contributed by atoms with Gasteiger partial charge in [-0.25, -0.2) is 0 Å². The summed E-state index contributed by atoms with van der Waals surface area (Å²) in [4.78, 5) is 80.1. The molecule has 6 aliphatic rings. The molecule has 13 nitrogen and oxygen atoms in total. The van der Waals surface area contributed by atoms with Crippen molar-refractivity contribution in [1.82, 2.24) is 24.3 Å². The first-order chi connectivity index (χ1) is 30.1. The number of carbonyl (C=O) groups is 5. The molecule has 3 atom stereocenters. The summed E-state index contributed by atoms with van der Waals surface area (Å²) in [5.74, 6) is 0.535. The summed E-state index contributed by atoms with van der Waals surface area (Å²) >= 11 is 2.08. The predicted molar refractivity (Wildman–Crippen MR) is 248 cm³/mol. The maximum Gasteiger partial charge on any atom is 0.255 e. The van der Waals surface area contributed by atoms with E-state index in [1.807, 2.05) is 23.1 Å². The van der Waals surface area contributed by atoms with E-state index >= 15 is 0 Å². The number of carbonyl (C=O) groups excluding carboxylic acids is 5. The Kier molecular flexibility index (Phi) is 15.6. The highest BCUT2D eigenvalue weighted by Gasteiger charge is 2.41. The summed E-state index contributed by atoms with van der Waals surface area (Å²) in [7, 11) is 3.05. The Morgan fingerprint density at radius 1 is 0.968 bits per heavy atom. The van der Waals surface area contributed by atoms with Crippen LogP contribution < -0.4 is 10.2 Å². The Morgan fingerprint density at radius 2 is 1.69 bits per heavy atom. The lowest BCUT2D eigenvalue weighted by Crippen LogP contribution is -2.48. The highest BCUT2D eigenvalue weighted by Crippen LogP contribution is 2.47. The van der Waals surface area contributed by atoms with E-state index in [1.54, 1.807) is 25.4 Å². The number of aldehydes is 2. The molecule has 7 rings (SSSR count). The van der Waals surface area contributed by atoms with Crippen molar-refractivity contribution in [3.63, 3.8) is 0 Å². The van der Waals surface area contributed by atoms with Crippen LogP contribution in [0.2, 0.25) is 0 Å². The third kappa shape index (κ3) is 10.4. The first-order valence-electron chi connectivity index (χ1n) is 23.2. The number of benzene rings is 1. The molecule has 336 valence electrons. The van der Waals surface area contributed by atoms with Gasteiger partial charge in [0, 0.05) is 93.1 Å². The standard InChI is InChI=1S/C48H68N8O5S/c1-34-7-5-8-42(34)56-44(59)13-10-35(32-49-2)45(56)51-37-16-26-55(27-17-37)62-40-18-24-53(25-19-40)38-14-20-48(21-15-38)22-28-54(29-23-48)39-11-12-41(36(31-39)33-58)47(61)52(4)43(9-6-30-57)46(60)50-3/h10-13,30-34,37-38,40,42-43H,2,5-9,14-29H2,1,3-4H3,(H,50,60)/b35-32-,51-45?. The molecular weight excluding hydrogens is 801 g/mol. The number of amides is 3. The van der Waals surface area contributed by atoms with E-state index in [1.165, 1.54) is 63.6 Å². The van der Waals surface area contributed by atoms with E-state index < -0.39 is 11.9 Å². The van der Waals surface area contributed by atoms with Crippen molar-refractivity contribution in [3.8, 4) is 0 Å². The normalized spacial score (nSPS) is 26.3. The fourth-order valence-corrected chi connectivity index (χ4v) is 12.4. The van der Waals surface area contributed by atoms with Crippen LogP contribution in [0.5, 0.6) is 0 Å². The third-order valence-electron chi connectivity index (χ3n) is 15.0. The largest absolute Gasteiger partial charge is 0.371 e. The number of likely N-dealkylation sites (tertiary alicyclic amines) is 1. The van der Waals surface area contributed by atoms with Crippen LogP contribution in [0.3, 0.4) is 0 Å². The second-order valence-corrected chi connectivity index (χ2v) is 20.0. The minimum atomic E-state index is -0.802. The Labute approximate surface area is 373 Å². The number of aliphatic imine (C=N–C) groups is 2. The van der Waals surface area contributed by atoms with E-state index in [-0.39, 0.29) is 42.3 Å². The zero-order valence-electron chi connectivity index (χ0n) is 37.2. The number of hydrogen-bond donors (Lipinski definition) is 1. The van der Waals surface area contributed by atoms with Gasteiger partial charge in [0.15, 0.2) is 6.29 Å². The molecule has 0 aromatic heterocycles. The fraction of sp³-hybridized carbons (Fsp3) is 0.646. The molecule has 14 heteroatoms. The second kappa shape index (κ2) is 21.0. The van der Waals surface area contributed by atoms with Crippen molar-refractivity contribution in [3.05, 3.63) is 53.3 Å². The number of anilines is 1. The van der Waals surface area contributed by atoms with Crippen LogP contribution >= 0.6 is 11.9 Å². The van der Waals surface area contributed by atoms with Gasteiger partial charge < -0.3 is 24.8 Å². The van der Waals surface area contributed by atoms with Crippen molar-refractivity contribution in [2.45, 2.75) is 133 Å². The smallest absolute Gasteiger partial charge is 0.255 e. The van der Waals surface area contributed by atoms with Gasteiger partial charge in [0.1, 0.15) is 18.2 Å².